The van der Waals surface area contributed by atoms with Gasteiger partial charge in [0.2, 0.25) is 0 Å². The van der Waals surface area contributed by atoms with Crippen molar-refractivity contribution in [1.29, 1.82) is 0 Å². The SMILES string of the molecule is CC(C(Cl)(Cl)Cl)C(Cl)(Cl)Cl. The second-order valence-corrected chi connectivity index (χ2v) is 6.54. The Bertz CT molecular complexity index is 93.9. The summed E-state index contributed by atoms with van der Waals surface area (Å²) in [6.45, 7) is 1.54. The van der Waals surface area contributed by atoms with Gasteiger partial charge in [-0.1, -0.05) is 76.5 Å². The largest absolute Gasteiger partial charge is 0.197 e. The van der Waals surface area contributed by atoms with Crippen LogP contribution in [-0.4, -0.2) is 7.59 Å². The van der Waals surface area contributed by atoms with E-state index in [1.54, 1.807) is 6.92 Å². The molecule has 0 unspecified atom stereocenters. The van der Waals surface area contributed by atoms with Gasteiger partial charge in [0.15, 0.2) is 7.59 Å². The predicted molar refractivity (Wildman–Crippen MR) is 49.7 cm³/mol. The van der Waals surface area contributed by atoms with Gasteiger partial charge in [0.1, 0.15) is 0 Å². The lowest BCUT2D eigenvalue weighted by Gasteiger charge is -2.26. The van der Waals surface area contributed by atoms with E-state index in [4.69, 9.17) is 69.6 Å². The molecule has 0 amide bonds. The van der Waals surface area contributed by atoms with Crippen LogP contribution in [0.15, 0.2) is 0 Å². The number of hydrogen-bond acceptors (Lipinski definition) is 0. The maximum atomic E-state index is 5.45. The van der Waals surface area contributed by atoms with Crippen LogP contribution in [0.5, 0.6) is 0 Å². The third-order valence-electron chi connectivity index (χ3n) is 0.982. The summed E-state index contributed by atoms with van der Waals surface area (Å²) in [5.74, 6) is -0.644. The lowest BCUT2D eigenvalue weighted by atomic mass is 10.2. The van der Waals surface area contributed by atoms with E-state index in [1.165, 1.54) is 0 Å². The van der Waals surface area contributed by atoms with E-state index in [9.17, 15) is 0 Å². The highest BCUT2D eigenvalue weighted by atomic mass is 35.6. The van der Waals surface area contributed by atoms with Gasteiger partial charge in [-0.15, -0.1) is 0 Å². The highest BCUT2D eigenvalue weighted by Crippen LogP contribution is 2.47. The quantitative estimate of drug-likeness (QED) is 0.570. The first-order valence-corrected chi connectivity index (χ1v) is 4.56. The minimum atomic E-state index is -1.54. The molecule has 0 bridgehead atoms. The molecule has 0 fully saturated rings. The second kappa shape index (κ2) is 3.64. The zero-order valence-corrected chi connectivity index (χ0v) is 9.38. The van der Waals surface area contributed by atoms with E-state index in [0.717, 1.165) is 0 Å². The summed E-state index contributed by atoms with van der Waals surface area (Å²) in [4.78, 5) is 0. The van der Waals surface area contributed by atoms with Crippen LogP contribution in [0.1, 0.15) is 6.92 Å². The van der Waals surface area contributed by atoms with Crippen molar-refractivity contribution < 1.29 is 0 Å². The van der Waals surface area contributed by atoms with Gasteiger partial charge >= 0.3 is 0 Å². The fraction of sp³-hybridized carbons (Fsp3) is 1.00. The Morgan fingerprint density at radius 3 is 1.00 bits per heavy atom. The number of halogens is 6. The molecule has 0 spiro atoms. The topological polar surface area (TPSA) is 0 Å². The van der Waals surface area contributed by atoms with E-state index in [0.29, 0.717) is 0 Å². The molecule has 6 heteroatoms. The minimum Gasteiger partial charge on any atom is -0.0832 e. The van der Waals surface area contributed by atoms with Crippen LogP contribution in [0.25, 0.3) is 0 Å². The summed E-state index contributed by atoms with van der Waals surface area (Å²) in [5, 5.41) is 0. The van der Waals surface area contributed by atoms with Crippen molar-refractivity contribution in [2.45, 2.75) is 14.5 Å². The Balaban J connectivity index is 4.23. The third kappa shape index (κ3) is 3.94. The molecule has 0 rings (SSSR count). The van der Waals surface area contributed by atoms with E-state index < -0.39 is 13.5 Å². The Labute approximate surface area is 89.7 Å². The summed E-state index contributed by atoms with van der Waals surface area (Å²) in [7, 11) is 0. The fourth-order valence-corrected chi connectivity index (χ4v) is 1.67. The van der Waals surface area contributed by atoms with Gasteiger partial charge in [-0.2, -0.15) is 0 Å². The van der Waals surface area contributed by atoms with Crippen molar-refractivity contribution in [2.75, 3.05) is 0 Å². The van der Waals surface area contributed by atoms with Crippen LogP contribution >= 0.6 is 69.6 Å². The lowest BCUT2D eigenvalue weighted by Crippen LogP contribution is -2.28. The summed E-state index contributed by atoms with van der Waals surface area (Å²) >= 11 is 32.7. The van der Waals surface area contributed by atoms with Crippen LogP contribution in [0.3, 0.4) is 0 Å². The summed E-state index contributed by atoms with van der Waals surface area (Å²) in [6.07, 6.45) is 0. The molecular formula is C4H4Cl6. The zero-order chi connectivity index (χ0) is 8.58. The molecule has 0 N–H and O–H groups in total. The predicted octanol–water partition coefficient (Wildman–Crippen LogP) is 4.36. The van der Waals surface area contributed by atoms with Gasteiger partial charge in [-0.25, -0.2) is 0 Å². The average molecular weight is 265 g/mol. The first kappa shape index (κ1) is 11.7. The monoisotopic (exact) mass is 262 g/mol. The van der Waals surface area contributed by atoms with Gasteiger partial charge in [0, 0.05) is 0 Å². The molecule has 0 aliphatic carbocycles. The molecular weight excluding hydrogens is 261 g/mol. The molecule has 0 aliphatic rings. The molecule has 0 saturated heterocycles. The lowest BCUT2D eigenvalue weighted by molar-refractivity contribution is 0.613. The van der Waals surface area contributed by atoms with Crippen LogP contribution in [0.4, 0.5) is 0 Å². The Morgan fingerprint density at radius 1 is 0.800 bits per heavy atom. The van der Waals surface area contributed by atoms with Crippen molar-refractivity contribution in [1.82, 2.24) is 0 Å². The fourth-order valence-electron chi connectivity index (χ4n) is 0.186. The Morgan fingerprint density at radius 2 is 1.00 bits per heavy atom. The molecule has 0 nitrogen and oxygen atoms in total. The molecule has 0 aromatic carbocycles. The second-order valence-electron chi connectivity index (χ2n) is 1.80. The first-order chi connectivity index (χ1) is 4.15. The van der Waals surface area contributed by atoms with Crippen LogP contribution < -0.4 is 0 Å². The number of alkyl halides is 6. The van der Waals surface area contributed by atoms with E-state index in [-0.39, 0.29) is 0 Å². The van der Waals surface area contributed by atoms with Crippen LogP contribution in [0, 0.1) is 5.92 Å². The molecule has 62 valence electrons. The van der Waals surface area contributed by atoms with Gasteiger partial charge in [0.05, 0.1) is 5.92 Å². The van der Waals surface area contributed by atoms with Gasteiger partial charge in [0.25, 0.3) is 0 Å². The highest BCUT2D eigenvalue weighted by molar-refractivity contribution is 6.72. The van der Waals surface area contributed by atoms with E-state index >= 15 is 0 Å². The molecule has 0 aromatic heterocycles. The number of hydrogen-bond donors (Lipinski definition) is 0. The van der Waals surface area contributed by atoms with Crippen molar-refractivity contribution in [3.8, 4) is 0 Å². The van der Waals surface area contributed by atoms with Crippen molar-refractivity contribution >= 4 is 69.6 Å². The summed E-state index contributed by atoms with van der Waals surface area (Å²) < 4.78 is -3.07. The summed E-state index contributed by atoms with van der Waals surface area (Å²) in [5.41, 5.74) is 0. The smallest absolute Gasteiger partial charge is 0.0832 e. The first-order valence-electron chi connectivity index (χ1n) is 2.29. The van der Waals surface area contributed by atoms with E-state index in [2.05, 4.69) is 0 Å². The molecule has 0 heterocycles. The average Bonchev–Trinajstić information content (AvgIpc) is 1.59. The van der Waals surface area contributed by atoms with Crippen molar-refractivity contribution in [3.05, 3.63) is 0 Å². The molecule has 0 aliphatic heterocycles. The van der Waals surface area contributed by atoms with E-state index in [1.807, 2.05) is 0 Å². The van der Waals surface area contributed by atoms with Crippen LogP contribution in [-0.2, 0) is 0 Å². The normalized spacial score (nSPS) is 14.4. The standard InChI is InChI=1S/C4H4Cl6/c1-2(3(5,6)7)4(8,9)10/h2H,1H3. The van der Waals surface area contributed by atoms with Gasteiger partial charge in [-0.05, 0) is 0 Å². The highest BCUT2D eigenvalue weighted by Gasteiger charge is 2.42. The Hall–Kier alpha value is 1.74. The molecule has 0 atom stereocenters. The Kier molecular flexibility index (Phi) is 4.27. The molecule has 10 heavy (non-hydrogen) atoms. The van der Waals surface area contributed by atoms with Gasteiger partial charge in [-0.3, -0.25) is 0 Å². The molecule has 0 radical (unpaired) electrons. The summed E-state index contributed by atoms with van der Waals surface area (Å²) in [6, 6.07) is 0. The van der Waals surface area contributed by atoms with Crippen molar-refractivity contribution in [2.24, 2.45) is 5.92 Å². The minimum absolute atomic E-state index is 0.644. The molecule has 0 aromatic rings. The van der Waals surface area contributed by atoms with Gasteiger partial charge < -0.3 is 0 Å². The van der Waals surface area contributed by atoms with Crippen LogP contribution in [0.2, 0.25) is 0 Å². The molecule has 0 saturated carbocycles. The maximum Gasteiger partial charge on any atom is 0.197 e. The maximum absolute atomic E-state index is 5.45. The van der Waals surface area contributed by atoms with Crippen molar-refractivity contribution in [3.63, 3.8) is 0 Å². The number of rotatable bonds is 0. The third-order valence-corrected chi connectivity index (χ3v) is 2.95. The zero-order valence-electron chi connectivity index (χ0n) is 4.85.